The van der Waals surface area contributed by atoms with Crippen LogP contribution in [-0.2, 0) is 6.61 Å². The van der Waals surface area contributed by atoms with Gasteiger partial charge in [-0.25, -0.2) is 4.39 Å². The fourth-order valence-corrected chi connectivity index (χ4v) is 3.40. The van der Waals surface area contributed by atoms with E-state index < -0.39 is 0 Å². The number of methoxy groups -OCH3 is 1. The molecule has 1 N–H and O–H groups in total. The quantitative estimate of drug-likeness (QED) is 0.422. The van der Waals surface area contributed by atoms with Crippen LogP contribution in [0.3, 0.4) is 0 Å². The van der Waals surface area contributed by atoms with Gasteiger partial charge in [0.25, 0.3) is 5.91 Å². The molecule has 0 spiro atoms. The van der Waals surface area contributed by atoms with E-state index >= 15 is 0 Å². The third-order valence-electron chi connectivity index (χ3n) is 5.10. The lowest BCUT2D eigenvalue weighted by Gasteiger charge is -2.10. The molecule has 3 heterocycles. The van der Waals surface area contributed by atoms with Gasteiger partial charge in [-0.2, -0.15) is 0 Å². The second-order valence-electron chi connectivity index (χ2n) is 7.20. The summed E-state index contributed by atoms with van der Waals surface area (Å²) < 4.78 is 26.1. The fraction of sp³-hybridized carbons (Fsp3) is 0.0833. The van der Waals surface area contributed by atoms with Crippen LogP contribution in [0.25, 0.3) is 16.6 Å². The standard InChI is InChI=1S/C24H18FN5O3/c1-32-18-7-8-19-20(12-18)26-11-10-21(19)33-14-23-29-28-22-9-2-15(13-30(22)23)24(31)27-17-5-3-16(25)4-6-17/h2-13H,14H2,1H3,(H,27,31). The van der Waals surface area contributed by atoms with Crippen LogP contribution in [-0.4, -0.2) is 32.6 Å². The monoisotopic (exact) mass is 443 g/mol. The van der Waals surface area contributed by atoms with Gasteiger partial charge in [-0.05, 0) is 54.6 Å². The van der Waals surface area contributed by atoms with E-state index in [0.29, 0.717) is 34.2 Å². The lowest BCUT2D eigenvalue weighted by molar-refractivity contribution is 0.102. The Morgan fingerprint density at radius 3 is 2.73 bits per heavy atom. The van der Waals surface area contributed by atoms with E-state index in [-0.39, 0.29) is 18.3 Å². The summed E-state index contributed by atoms with van der Waals surface area (Å²) in [6.07, 6.45) is 3.30. The Labute approximate surface area is 187 Å². The number of nitrogens with one attached hydrogen (secondary N) is 1. The zero-order valence-electron chi connectivity index (χ0n) is 17.5. The highest BCUT2D eigenvalue weighted by Crippen LogP contribution is 2.27. The molecule has 0 radical (unpaired) electrons. The number of halogens is 1. The Hall–Kier alpha value is -4.53. The minimum Gasteiger partial charge on any atom is -0.497 e. The lowest BCUT2D eigenvalue weighted by Crippen LogP contribution is -2.13. The number of pyridine rings is 2. The minimum atomic E-state index is -0.371. The molecule has 0 aliphatic carbocycles. The molecule has 1 amide bonds. The molecule has 0 fully saturated rings. The van der Waals surface area contributed by atoms with Gasteiger partial charge >= 0.3 is 0 Å². The number of fused-ring (bicyclic) bond motifs is 2. The van der Waals surface area contributed by atoms with Gasteiger partial charge in [0, 0.05) is 29.5 Å². The third-order valence-corrected chi connectivity index (χ3v) is 5.10. The second kappa shape index (κ2) is 8.54. The molecule has 0 atom stereocenters. The molecule has 2 aromatic carbocycles. The number of amides is 1. The van der Waals surface area contributed by atoms with Gasteiger partial charge in [-0.1, -0.05) is 0 Å². The Balaban J connectivity index is 1.37. The number of carbonyl (C=O) groups is 1. The predicted octanol–water partition coefficient (Wildman–Crippen LogP) is 4.26. The summed E-state index contributed by atoms with van der Waals surface area (Å²) in [7, 11) is 1.60. The maximum atomic E-state index is 13.1. The van der Waals surface area contributed by atoms with E-state index in [2.05, 4.69) is 20.5 Å². The van der Waals surface area contributed by atoms with E-state index in [1.54, 1.807) is 42.1 Å². The maximum Gasteiger partial charge on any atom is 0.257 e. The van der Waals surface area contributed by atoms with Gasteiger partial charge in [0.15, 0.2) is 11.5 Å². The van der Waals surface area contributed by atoms with Crippen LogP contribution in [0.15, 0.2) is 73.1 Å². The number of aromatic nitrogens is 4. The van der Waals surface area contributed by atoms with Crippen LogP contribution in [0.2, 0.25) is 0 Å². The van der Waals surface area contributed by atoms with E-state index in [1.165, 1.54) is 24.3 Å². The zero-order chi connectivity index (χ0) is 22.8. The van der Waals surface area contributed by atoms with Crippen molar-refractivity contribution in [1.82, 2.24) is 19.6 Å². The lowest BCUT2D eigenvalue weighted by atomic mass is 10.2. The largest absolute Gasteiger partial charge is 0.497 e. The molecule has 5 aromatic rings. The van der Waals surface area contributed by atoms with Crippen LogP contribution < -0.4 is 14.8 Å². The van der Waals surface area contributed by atoms with Crippen molar-refractivity contribution in [2.75, 3.05) is 12.4 Å². The zero-order valence-corrected chi connectivity index (χ0v) is 17.5. The second-order valence-corrected chi connectivity index (χ2v) is 7.20. The predicted molar refractivity (Wildman–Crippen MR) is 120 cm³/mol. The Morgan fingerprint density at radius 1 is 1.06 bits per heavy atom. The van der Waals surface area contributed by atoms with Crippen molar-refractivity contribution in [3.05, 3.63) is 90.3 Å². The number of benzene rings is 2. The molecule has 0 aliphatic heterocycles. The molecule has 5 rings (SSSR count). The first-order valence-electron chi connectivity index (χ1n) is 10.1. The number of rotatable bonds is 6. The van der Waals surface area contributed by atoms with Crippen LogP contribution in [0.5, 0.6) is 11.5 Å². The average Bonchev–Trinajstić information content (AvgIpc) is 3.26. The van der Waals surface area contributed by atoms with Gasteiger partial charge < -0.3 is 14.8 Å². The van der Waals surface area contributed by atoms with Crippen molar-refractivity contribution in [2.24, 2.45) is 0 Å². The van der Waals surface area contributed by atoms with E-state index in [4.69, 9.17) is 9.47 Å². The van der Waals surface area contributed by atoms with Gasteiger partial charge in [0.2, 0.25) is 0 Å². The summed E-state index contributed by atoms with van der Waals surface area (Å²) in [5, 5.41) is 11.9. The van der Waals surface area contributed by atoms with Crippen molar-refractivity contribution in [3.8, 4) is 11.5 Å². The SMILES string of the molecule is COc1ccc2c(OCc3nnc4ccc(C(=O)Nc5ccc(F)cc5)cn34)ccnc2c1. The van der Waals surface area contributed by atoms with E-state index in [0.717, 1.165) is 10.9 Å². The highest BCUT2D eigenvalue weighted by atomic mass is 19.1. The molecular weight excluding hydrogens is 425 g/mol. The molecule has 0 bridgehead atoms. The average molecular weight is 443 g/mol. The molecule has 8 nitrogen and oxygen atoms in total. The van der Waals surface area contributed by atoms with Crippen LogP contribution in [0, 0.1) is 5.82 Å². The first-order valence-corrected chi connectivity index (χ1v) is 10.1. The van der Waals surface area contributed by atoms with Gasteiger partial charge in [0.1, 0.15) is 23.9 Å². The van der Waals surface area contributed by atoms with Gasteiger partial charge in [-0.3, -0.25) is 14.2 Å². The number of hydrogen-bond donors (Lipinski definition) is 1. The van der Waals surface area contributed by atoms with Crippen molar-refractivity contribution < 1.29 is 18.7 Å². The summed E-state index contributed by atoms with van der Waals surface area (Å²) >= 11 is 0. The van der Waals surface area contributed by atoms with E-state index in [1.807, 2.05) is 18.2 Å². The molecular formula is C24H18FN5O3. The molecule has 0 unspecified atom stereocenters. The number of anilines is 1. The van der Waals surface area contributed by atoms with Gasteiger partial charge in [0.05, 0.1) is 18.2 Å². The molecule has 33 heavy (non-hydrogen) atoms. The molecule has 9 heteroatoms. The highest BCUT2D eigenvalue weighted by molar-refractivity contribution is 6.04. The third kappa shape index (κ3) is 4.16. The fourth-order valence-electron chi connectivity index (χ4n) is 3.40. The van der Waals surface area contributed by atoms with E-state index in [9.17, 15) is 9.18 Å². The minimum absolute atomic E-state index is 0.134. The normalized spacial score (nSPS) is 11.0. The van der Waals surface area contributed by atoms with Crippen molar-refractivity contribution in [1.29, 1.82) is 0 Å². The first-order chi connectivity index (χ1) is 16.1. The summed E-state index contributed by atoms with van der Waals surface area (Å²) in [5.74, 6) is 1.18. The van der Waals surface area contributed by atoms with Crippen molar-refractivity contribution >= 4 is 28.1 Å². The number of nitrogens with zero attached hydrogens (tertiary/aromatic N) is 4. The van der Waals surface area contributed by atoms with Crippen molar-refractivity contribution in [2.45, 2.75) is 6.61 Å². The summed E-state index contributed by atoms with van der Waals surface area (Å²) in [6.45, 7) is 0.134. The molecule has 164 valence electrons. The summed E-state index contributed by atoms with van der Waals surface area (Å²) in [4.78, 5) is 17.0. The smallest absolute Gasteiger partial charge is 0.257 e. The first kappa shape index (κ1) is 20.4. The Kier molecular flexibility index (Phi) is 5.27. The van der Waals surface area contributed by atoms with Crippen LogP contribution in [0.1, 0.15) is 16.2 Å². The maximum absolute atomic E-state index is 13.1. The number of carbonyl (C=O) groups excluding carboxylic acids is 1. The molecule has 0 aliphatic rings. The van der Waals surface area contributed by atoms with Crippen LogP contribution >= 0.6 is 0 Å². The molecule has 0 saturated heterocycles. The Bertz CT molecular complexity index is 1470. The highest BCUT2D eigenvalue weighted by Gasteiger charge is 2.13. The van der Waals surface area contributed by atoms with Crippen LogP contribution in [0.4, 0.5) is 10.1 Å². The summed E-state index contributed by atoms with van der Waals surface area (Å²) in [5.41, 5.74) is 2.22. The van der Waals surface area contributed by atoms with Crippen molar-refractivity contribution in [3.63, 3.8) is 0 Å². The number of hydrogen-bond acceptors (Lipinski definition) is 6. The Morgan fingerprint density at radius 2 is 1.91 bits per heavy atom. The number of ether oxygens (including phenoxy) is 2. The van der Waals surface area contributed by atoms with Gasteiger partial charge in [-0.15, -0.1) is 10.2 Å². The summed E-state index contributed by atoms with van der Waals surface area (Å²) in [6, 6.07) is 16.3. The molecule has 3 aromatic heterocycles. The molecule has 0 saturated carbocycles. The topological polar surface area (TPSA) is 90.6 Å².